The van der Waals surface area contributed by atoms with Crippen LogP contribution in [0.4, 0.5) is 10.7 Å². The van der Waals surface area contributed by atoms with Crippen molar-refractivity contribution in [2.24, 2.45) is 11.3 Å². The lowest BCUT2D eigenvalue weighted by Gasteiger charge is -2.33. The number of carbonyl (C=O) groups is 3. The highest BCUT2D eigenvalue weighted by Gasteiger charge is 2.35. The highest BCUT2D eigenvalue weighted by Crippen LogP contribution is 2.44. The lowest BCUT2D eigenvalue weighted by molar-refractivity contribution is -0.115. The van der Waals surface area contributed by atoms with Gasteiger partial charge in [-0.25, -0.2) is 4.79 Å². The van der Waals surface area contributed by atoms with E-state index < -0.39 is 5.97 Å². The highest BCUT2D eigenvalue weighted by molar-refractivity contribution is 8.00. The molecule has 2 unspecified atom stereocenters. The first-order valence-corrected chi connectivity index (χ1v) is 15.3. The molecular weight excluding hydrogens is 537 g/mol. The number of methoxy groups -OCH3 is 1. The van der Waals surface area contributed by atoms with Gasteiger partial charge in [0.15, 0.2) is 0 Å². The number of nitrogens with one attached hydrogen (secondary N) is 2. The molecule has 6 nitrogen and oxygen atoms in total. The maximum absolute atomic E-state index is 13.4. The Hall–Kier alpha value is -2.62. The number of thiophene rings is 2. The topological polar surface area (TPSA) is 84.5 Å². The third-order valence-corrected chi connectivity index (χ3v) is 10.3. The van der Waals surface area contributed by atoms with Crippen LogP contribution in [-0.2, 0) is 22.4 Å². The van der Waals surface area contributed by atoms with E-state index in [2.05, 4.69) is 31.4 Å². The summed E-state index contributed by atoms with van der Waals surface area (Å²) in [6.45, 7) is 8.73. The predicted molar refractivity (Wildman–Crippen MR) is 158 cm³/mol. The van der Waals surface area contributed by atoms with Crippen LogP contribution < -0.4 is 10.6 Å². The Kier molecular flexibility index (Phi) is 9.00. The van der Waals surface area contributed by atoms with Gasteiger partial charge >= 0.3 is 5.97 Å². The molecule has 0 bridgehead atoms. The standard InChI is InChI=1S/C29H34N2O4S3/c1-6-21(37-19-10-7-9-18(16-19)30-26(33)22-11-8-14-36-22)25(32)31-27-24(28(34)35-5)20-13-12-17(29(2,3)4)15-23(20)38-27/h7-11,14,16-17,21H,6,12-13,15H2,1-5H3,(H,30,33)(H,31,32). The SMILES string of the molecule is CCC(Sc1cccc(NC(=O)c2cccs2)c1)C(=O)Nc1sc2c(c1C(=O)OC)CCC(C(C)(C)C)C2. The Morgan fingerprint density at radius 1 is 1.16 bits per heavy atom. The van der Waals surface area contributed by atoms with Crippen LogP contribution in [0.15, 0.2) is 46.7 Å². The van der Waals surface area contributed by atoms with E-state index in [1.807, 2.05) is 42.6 Å². The number of rotatable bonds is 8. The van der Waals surface area contributed by atoms with Crippen molar-refractivity contribution in [2.45, 2.75) is 63.5 Å². The average molecular weight is 571 g/mol. The number of hydrogen-bond acceptors (Lipinski definition) is 7. The zero-order valence-corrected chi connectivity index (χ0v) is 24.8. The van der Waals surface area contributed by atoms with Crippen LogP contribution in [0.25, 0.3) is 0 Å². The lowest BCUT2D eigenvalue weighted by Crippen LogP contribution is -2.27. The van der Waals surface area contributed by atoms with Crippen molar-refractivity contribution in [1.29, 1.82) is 0 Å². The van der Waals surface area contributed by atoms with Gasteiger partial charge in [-0.3, -0.25) is 9.59 Å². The first-order chi connectivity index (χ1) is 18.1. The summed E-state index contributed by atoms with van der Waals surface area (Å²) in [4.78, 5) is 41.3. The smallest absolute Gasteiger partial charge is 0.341 e. The maximum atomic E-state index is 13.4. The van der Waals surface area contributed by atoms with Crippen LogP contribution >= 0.6 is 34.4 Å². The molecule has 2 aromatic heterocycles. The van der Waals surface area contributed by atoms with Gasteiger partial charge in [-0.05, 0) is 72.2 Å². The van der Waals surface area contributed by atoms with E-state index in [0.29, 0.717) is 33.5 Å². The van der Waals surface area contributed by atoms with Gasteiger partial charge in [0, 0.05) is 15.5 Å². The summed E-state index contributed by atoms with van der Waals surface area (Å²) < 4.78 is 5.11. The largest absolute Gasteiger partial charge is 0.465 e. The first kappa shape index (κ1) is 28.4. The van der Waals surface area contributed by atoms with Crippen molar-refractivity contribution >= 4 is 62.9 Å². The number of hydrogen-bond donors (Lipinski definition) is 2. The summed E-state index contributed by atoms with van der Waals surface area (Å²) >= 11 is 4.34. The number of carbonyl (C=O) groups excluding carboxylic acids is 3. The molecule has 1 aliphatic rings. The molecule has 2 amide bonds. The van der Waals surface area contributed by atoms with Crippen LogP contribution in [0.2, 0.25) is 0 Å². The van der Waals surface area contributed by atoms with E-state index in [-0.39, 0.29) is 22.5 Å². The van der Waals surface area contributed by atoms with Crippen molar-refractivity contribution in [3.05, 3.63) is 62.7 Å². The molecule has 2 heterocycles. The molecule has 2 atom stereocenters. The second-order valence-electron chi connectivity index (χ2n) is 10.5. The zero-order chi connectivity index (χ0) is 27.4. The molecule has 0 radical (unpaired) electrons. The molecular formula is C29H34N2O4S3. The van der Waals surface area contributed by atoms with Gasteiger partial charge in [0.1, 0.15) is 5.00 Å². The second-order valence-corrected chi connectivity index (χ2v) is 13.8. The summed E-state index contributed by atoms with van der Waals surface area (Å²) in [7, 11) is 1.38. The molecule has 38 heavy (non-hydrogen) atoms. The molecule has 1 aromatic carbocycles. The molecule has 0 saturated carbocycles. The van der Waals surface area contributed by atoms with Gasteiger partial charge in [0.25, 0.3) is 5.91 Å². The molecule has 0 aliphatic heterocycles. The molecule has 1 aliphatic carbocycles. The number of thioether (sulfide) groups is 1. The minimum atomic E-state index is -0.401. The number of amides is 2. The zero-order valence-electron chi connectivity index (χ0n) is 22.4. The highest BCUT2D eigenvalue weighted by atomic mass is 32.2. The van der Waals surface area contributed by atoms with Crippen molar-refractivity contribution < 1.29 is 19.1 Å². The molecule has 0 saturated heterocycles. The average Bonchev–Trinajstić information content (AvgIpc) is 3.54. The number of esters is 1. The fraction of sp³-hybridized carbons (Fsp3) is 0.414. The number of ether oxygens (including phenoxy) is 1. The van der Waals surface area contributed by atoms with Gasteiger partial charge in [0.05, 0.1) is 22.8 Å². The lowest BCUT2D eigenvalue weighted by atomic mass is 9.72. The van der Waals surface area contributed by atoms with Gasteiger partial charge in [-0.1, -0.05) is 39.8 Å². The summed E-state index contributed by atoms with van der Waals surface area (Å²) in [5.41, 5.74) is 2.38. The Labute approximate surface area is 236 Å². The fourth-order valence-corrected chi connectivity index (χ4v) is 7.61. The van der Waals surface area contributed by atoms with Gasteiger partial charge in [-0.15, -0.1) is 34.4 Å². The molecule has 3 aromatic rings. The van der Waals surface area contributed by atoms with Gasteiger partial charge in [0.2, 0.25) is 5.91 Å². The van der Waals surface area contributed by atoms with Crippen molar-refractivity contribution in [2.75, 3.05) is 17.7 Å². The monoisotopic (exact) mass is 570 g/mol. The molecule has 4 rings (SSSR count). The Morgan fingerprint density at radius 2 is 1.95 bits per heavy atom. The normalized spacial score (nSPS) is 15.9. The molecule has 2 N–H and O–H groups in total. The van der Waals surface area contributed by atoms with Crippen LogP contribution in [0.5, 0.6) is 0 Å². The van der Waals surface area contributed by atoms with E-state index in [9.17, 15) is 14.4 Å². The minimum absolute atomic E-state index is 0.151. The van der Waals surface area contributed by atoms with E-state index in [1.54, 1.807) is 6.07 Å². The Morgan fingerprint density at radius 3 is 2.61 bits per heavy atom. The van der Waals surface area contributed by atoms with Gasteiger partial charge < -0.3 is 15.4 Å². The van der Waals surface area contributed by atoms with Crippen molar-refractivity contribution in [3.8, 4) is 0 Å². The van der Waals surface area contributed by atoms with E-state index in [0.717, 1.165) is 29.7 Å². The Balaban J connectivity index is 1.50. The van der Waals surface area contributed by atoms with E-state index in [4.69, 9.17) is 4.74 Å². The van der Waals surface area contributed by atoms with Crippen LogP contribution in [0, 0.1) is 11.3 Å². The van der Waals surface area contributed by atoms with Crippen LogP contribution in [0.1, 0.15) is 71.0 Å². The summed E-state index contributed by atoms with van der Waals surface area (Å²) in [5.74, 6) is -0.185. The second kappa shape index (κ2) is 12.1. The van der Waals surface area contributed by atoms with Crippen LogP contribution in [0.3, 0.4) is 0 Å². The first-order valence-electron chi connectivity index (χ1n) is 12.8. The molecule has 0 fully saturated rings. The maximum Gasteiger partial charge on any atom is 0.341 e. The fourth-order valence-electron chi connectivity index (χ4n) is 4.66. The number of benzene rings is 1. The third kappa shape index (κ3) is 6.50. The molecule has 202 valence electrons. The van der Waals surface area contributed by atoms with E-state index in [1.165, 1.54) is 46.4 Å². The van der Waals surface area contributed by atoms with Crippen molar-refractivity contribution in [1.82, 2.24) is 0 Å². The summed E-state index contributed by atoms with van der Waals surface area (Å²) in [5, 5.41) is 8.06. The van der Waals surface area contributed by atoms with Crippen LogP contribution in [-0.4, -0.2) is 30.1 Å². The van der Waals surface area contributed by atoms with Crippen molar-refractivity contribution in [3.63, 3.8) is 0 Å². The minimum Gasteiger partial charge on any atom is -0.465 e. The third-order valence-electron chi connectivity index (χ3n) is 6.89. The molecule has 9 heteroatoms. The quantitative estimate of drug-likeness (QED) is 0.216. The van der Waals surface area contributed by atoms with Gasteiger partial charge in [-0.2, -0.15) is 0 Å². The Bertz CT molecular complexity index is 1310. The summed E-state index contributed by atoms with van der Waals surface area (Å²) in [6.07, 6.45) is 3.33. The number of fused-ring (bicyclic) bond motifs is 1. The van der Waals surface area contributed by atoms with E-state index >= 15 is 0 Å². The predicted octanol–water partition coefficient (Wildman–Crippen LogP) is 7.51. The number of anilines is 2. The molecule has 0 spiro atoms. The summed E-state index contributed by atoms with van der Waals surface area (Å²) in [6, 6.07) is 11.1.